The van der Waals surface area contributed by atoms with E-state index in [9.17, 15) is 14.7 Å². The molecule has 3 N–H and O–H groups in total. The molecule has 0 heterocycles. The molecule has 0 saturated heterocycles. The van der Waals surface area contributed by atoms with Crippen LogP contribution in [0.2, 0.25) is 5.02 Å². The number of para-hydroxylation sites is 1. The molecule has 21 heavy (non-hydrogen) atoms. The fourth-order valence-electron chi connectivity index (χ4n) is 2.85. The number of amides is 2. The summed E-state index contributed by atoms with van der Waals surface area (Å²) in [5.74, 6) is -0.709. The second kappa shape index (κ2) is 6.35. The quantitative estimate of drug-likeness (QED) is 0.799. The maximum absolute atomic E-state index is 12.1. The summed E-state index contributed by atoms with van der Waals surface area (Å²) in [6, 6.07) is 6.29. The lowest BCUT2D eigenvalue weighted by Crippen LogP contribution is -2.57. The maximum atomic E-state index is 12.1. The van der Waals surface area contributed by atoms with Gasteiger partial charge in [-0.2, -0.15) is 0 Å². The van der Waals surface area contributed by atoms with Crippen molar-refractivity contribution in [2.24, 2.45) is 5.92 Å². The van der Waals surface area contributed by atoms with Gasteiger partial charge in [-0.05, 0) is 30.9 Å². The Bertz CT molecular complexity index is 549. The van der Waals surface area contributed by atoms with Gasteiger partial charge in [0.25, 0.3) is 0 Å². The average molecular weight is 311 g/mol. The minimum Gasteiger partial charge on any atom is -0.480 e. The summed E-state index contributed by atoms with van der Waals surface area (Å²) in [6.07, 6.45) is 2.67. The number of nitrogens with one attached hydrogen (secondary N) is 2. The number of carboxylic acids is 1. The fraction of sp³-hybridized carbons (Fsp3) is 0.467. The minimum absolute atomic E-state index is 0.274. The van der Waals surface area contributed by atoms with Crippen LogP contribution in [0.5, 0.6) is 0 Å². The van der Waals surface area contributed by atoms with Crippen LogP contribution in [-0.4, -0.2) is 22.6 Å². The van der Waals surface area contributed by atoms with Gasteiger partial charge in [-0.15, -0.1) is 0 Å². The van der Waals surface area contributed by atoms with Gasteiger partial charge in [-0.3, -0.25) is 0 Å². The molecular weight excluding hydrogens is 292 g/mol. The third-order valence-corrected chi connectivity index (χ3v) is 4.21. The van der Waals surface area contributed by atoms with Crippen molar-refractivity contribution < 1.29 is 14.7 Å². The van der Waals surface area contributed by atoms with E-state index in [1.54, 1.807) is 24.3 Å². The van der Waals surface area contributed by atoms with Crippen LogP contribution in [0.1, 0.15) is 32.6 Å². The zero-order chi connectivity index (χ0) is 15.5. The lowest BCUT2D eigenvalue weighted by atomic mass is 9.76. The third kappa shape index (κ3) is 3.67. The molecule has 1 aliphatic rings. The Kier molecular flexibility index (Phi) is 4.73. The van der Waals surface area contributed by atoms with Gasteiger partial charge < -0.3 is 15.7 Å². The highest BCUT2D eigenvalue weighted by molar-refractivity contribution is 6.33. The van der Waals surface area contributed by atoms with E-state index in [-0.39, 0.29) is 5.92 Å². The van der Waals surface area contributed by atoms with E-state index >= 15 is 0 Å². The number of anilines is 1. The third-order valence-electron chi connectivity index (χ3n) is 3.88. The smallest absolute Gasteiger partial charge is 0.329 e. The molecule has 1 fully saturated rings. The molecule has 0 aromatic heterocycles. The monoisotopic (exact) mass is 310 g/mol. The van der Waals surface area contributed by atoms with Gasteiger partial charge in [0.05, 0.1) is 10.7 Å². The van der Waals surface area contributed by atoms with Crippen molar-refractivity contribution in [3.8, 4) is 0 Å². The first kappa shape index (κ1) is 15.6. The first-order valence-corrected chi connectivity index (χ1v) is 7.38. The van der Waals surface area contributed by atoms with Crippen LogP contribution in [0.3, 0.4) is 0 Å². The van der Waals surface area contributed by atoms with Crippen molar-refractivity contribution in [2.45, 2.75) is 38.1 Å². The van der Waals surface area contributed by atoms with E-state index in [1.165, 1.54) is 0 Å². The number of hydrogen-bond donors (Lipinski definition) is 3. The highest BCUT2D eigenvalue weighted by atomic mass is 35.5. The predicted molar refractivity (Wildman–Crippen MR) is 81.6 cm³/mol. The van der Waals surface area contributed by atoms with Crippen molar-refractivity contribution in [3.63, 3.8) is 0 Å². The van der Waals surface area contributed by atoms with Gasteiger partial charge in [0.1, 0.15) is 5.54 Å². The molecule has 6 heteroatoms. The van der Waals surface area contributed by atoms with Crippen molar-refractivity contribution in [3.05, 3.63) is 29.3 Å². The molecule has 0 radical (unpaired) electrons. The molecular formula is C15H19ClN2O3. The van der Waals surface area contributed by atoms with E-state index in [4.69, 9.17) is 11.6 Å². The van der Waals surface area contributed by atoms with E-state index in [2.05, 4.69) is 10.6 Å². The van der Waals surface area contributed by atoms with Crippen molar-refractivity contribution in [2.75, 3.05) is 5.32 Å². The SMILES string of the molecule is CC1CCCC(NC(=O)Nc2ccccc2Cl)(C(=O)O)C1. The van der Waals surface area contributed by atoms with Crippen LogP contribution in [0.25, 0.3) is 0 Å². The van der Waals surface area contributed by atoms with Crippen LogP contribution in [0, 0.1) is 5.92 Å². The Labute approximate surface area is 128 Å². The van der Waals surface area contributed by atoms with Crippen molar-refractivity contribution >= 4 is 29.3 Å². The number of rotatable bonds is 3. The van der Waals surface area contributed by atoms with E-state index in [0.717, 1.165) is 12.8 Å². The number of carbonyl (C=O) groups is 2. The first-order valence-electron chi connectivity index (χ1n) is 7.00. The van der Waals surface area contributed by atoms with Crippen LogP contribution in [-0.2, 0) is 4.79 Å². The Morgan fingerprint density at radius 3 is 2.71 bits per heavy atom. The van der Waals surface area contributed by atoms with Gasteiger partial charge in [0.2, 0.25) is 0 Å². The highest BCUT2D eigenvalue weighted by Gasteiger charge is 2.43. The lowest BCUT2D eigenvalue weighted by Gasteiger charge is -2.37. The summed E-state index contributed by atoms with van der Waals surface area (Å²) in [4.78, 5) is 23.7. The summed E-state index contributed by atoms with van der Waals surface area (Å²) in [7, 11) is 0. The first-order chi connectivity index (χ1) is 9.93. The largest absolute Gasteiger partial charge is 0.480 e. The van der Waals surface area contributed by atoms with Crippen LogP contribution in [0.4, 0.5) is 10.5 Å². The minimum atomic E-state index is -1.19. The highest BCUT2D eigenvalue weighted by Crippen LogP contribution is 2.32. The summed E-state index contributed by atoms with van der Waals surface area (Å²) >= 11 is 5.97. The number of benzene rings is 1. The molecule has 1 aromatic carbocycles. The molecule has 2 unspecified atom stereocenters. The van der Waals surface area contributed by atoms with Crippen LogP contribution in [0.15, 0.2) is 24.3 Å². The maximum Gasteiger partial charge on any atom is 0.329 e. The summed E-state index contributed by atoms with van der Waals surface area (Å²) in [6.45, 7) is 2.00. The Balaban J connectivity index is 2.09. The van der Waals surface area contributed by atoms with Gasteiger partial charge in [-0.1, -0.05) is 43.5 Å². The second-order valence-corrected chi connectivity index (χ2v) is 6.05. The molecule has 2 amide bonds. The van der Waals surface area contributed by atoms with E-state index in [1.807, 2.05) is 6.92 Å². The molecule has 1 aromatic rings. The van der Waals surface area contributed by atoms with Gasteiger partial charge in [-0.25, -0.2) is 9.59 Å². The molecule has 0 spiro atoms. The predicted octanol–water partition coefficient (Wildman–Crippen LogP) is 3.50. The number of carbonyl (C=O) groups excluding carboxylic acids is 1. The van der Waals surface area contributed by atoms with E-state index < -0.39 is 17.5 Å². The summed E-state index contributed by atoms with van der Waals surface area (Å²) < 4.78 is 0. The van der Waals surface area contributed by atoms with E-state index in [0.29, 0.717) is 23.6 Å². The molecule has 1 saturated carbocycles. The number of hydrogen-bond acceptors (Lipinski definition) is 2. The van der Waals surface area contributed by atoms with Gasteiger partial charge in [0.15, 0.2) is 0 Å². The van der Waals surface area contributed by atoms with Crippen molar-refractivity contribution in [1.82, 2.24) is 5.32 Å². The molecule has 2 atom stereocenters. The average Bonchev–Trinajstić information content (AvgIpc) is 2.41. The standard InChI is InChI=1S/C15H19ClN2O3/c1-10-5-4-8-15(9-10,13(19)20)18-14(21)17-12-7-3-2-6-11(12)16/h2-3,6-7,10H,4-5,8-9H2,1H3,(H,19,20)(H2,17,18,21). The molecule has 0 bridgehead atoms. The zero-order valence-corrected chi connectivity index (χ0v) is 12.6. The fourth-order valence-corrected chi connectivity index (χ4v) is 3.03. The Morgan fingerprint density at radius 1 is 1.38 bits per heavy atom. The zero-order valence-electron chi connectivity index (χ0n) is 11.9. The van der Waals surface area contributed by atoms with Crippen LogP contribution < -0.4 is 10.6 Å². The Hall–Kier alpha value is -1.75. The molecule has 0 aliphatic heterocycles. The van der Waals surface area contributed by atoms with Gasteiger partial charge >= 0.3 is 12.0 Å². The summed E-state index contributed by atoms with van der Waals surface area (Å²) in [5.41, 5.74) is -0.732. The second-order valence-electron chi connectivity index (χ2n) is 5.65. The molecule has 1 aliphatic carbocycles. The van der Waals surface area contributed by atoms with Crippen LogP contribution >= 0.6 is 11.6 Å². The molecule has 2 rings (SSSR count). The molecule has 114 valence electrons. The number of aliphatic carboxylic acids is 1. The topological polar surface area (TPSA) is 78.4 Å². The molecule has 5 nitrogen and oxygen atoms in total. The van der Waals surface area contributed by atoms with Gasteiger partial charge in [0, 0.05) is 0 Å². The number of carboxylic acid groups (broad SMARTS) is 1. The normalized spacial score (nSPS) is 25.1. The number of urea groups is 1. The number of halogens is 1. The van der Waals surface area contributed by atoms with Crippen molar-refractivity contribution in [1.29, 1.82) is 0 Å². The summed E-state index contributed by atoms with van der Waals surface area (Å²) in [5, 5.41) is 15.2. The lowest BCUT2D eigenvalue weighted by molar-refractivity contribution is -0.146. The Morgan fingerprint density at radius 2 is 2.10 bits per heavy atom.